The summed E-state index contributed by atoms with van der Waals surface area (Å²) in [5, 5.41) is 0.613. The highest BCUT2D eigenvalue weighted by Crippen LogP contribution is 2.33. The highest BCUT2D eigenvalue weighted by atomic mass is 79.9. The van der Waals surface area contributed by atoms with E-state index in [9.17, 15) is 0 Å². The lowest BCUT2D eigenvalue weighted by Gasteiger charge is -2.08. The normalized spacial score (nSPS) is 10.6. The summed E-state index contributed by atoms with van der Waals surface area (Å²) in [4.78, 5) is 12.8. The highest BCUT2D eigenvalue weighted by Gasteiger charge is 2.15. The molecule has 3 nitrogen and oxygen atoms in total. The molecule has 1 aromatic carbocycles. The molecule has 2 heterocycles. The maximum Gasteiger partial charge on any atom is 0.181 e. The van der Waals surface area contributed by atoms with Gasteiger partial charge in [0.1, 0.15) is 16.0 Å². The predicted molar refractivity (Wildman–Crippen MR) is 88.4 cm³/mol. The molecular formula is C15H8BrCl2N3. The summed E-state index contributed by atoms with van der Waals surface area (Å²) in [6.45, 7) is 0. The third-order valence-electron chi connectivity index (χ3n) is 2.84. The first-order valence-electron chi connectivity index (χ1n) is 6.05. The fraction of sp³-hybridized carbons (Fsp3) is 0. The second-order valence-electron chi connectivity index (χ2n) is 4.23. The second-order valence-corrected chi connectivity index (χ2v) is 5.86. The molecule has 0 fully saturated rings. The van der Waals surface area contributed by atoms with Crippen LogP contribution in [0, 0.1) is 0 Å². The third-order valence-corrected chi connectivity index (χ3v) is 3.86. The summed E-state index contributed by atoms with van der Waals surface area (Å²) in [5.74, 6) is 0.400. The van der Waals surface area contributed by atoms with Crippen molar-refractivity contribution in [2.75, 3.05) is 0 Å². The molecule has 0 aliphatic heterocycles. The molecule has 3 rings (SSSR count). The van der Waals surface area contributed by atoms with E-state index in [1.54, 1.807) is 12.3 Å². The van der Waals surface area contributed by atoms with Crippen LogP contribution in [0.1, 0.15) is 0 Å². The third kappa shape index (κ3) is 3.07. The van der Waals surface area contributed by atoms with Gasteiger partial charge in [0.2, 0.25) is 0 Å². The molecule has 0 N–H and O–H groups in total. The molecule has 0 saturated heterocycles. The number of hydrogen-bond acceptors (Lipinski definition) is 3. The summed E-state index contributed by atoms with van der Waals surface area (Å²) in [6, 6.07) is 13.2. The summed E-state index contributed by atoms with van der Waals surface area (Å²) in [6.07, 6.45) is 1.67. The molecule has 2 aromatic heterocycles. The lowest BCUT2D eigenvalue weighted by Crippen LogP contribution is -1.96. The van der Waals surface area contributed by atoms with Gasteiger partial charge in [0.05, 0.1) is 5.56 Å². The van der Waals surface area contributed by atoms with E-state index >= 15 is 0 Å². The first kappa shape index (κ1) is 14.4. The van der Waals surface area contributed by atoms with Crippen LogP contribution in [0.2, 0.25) is 10.3 Å². The minimum atomic E-state index is 0.306. The maximum absolute atomic E-state index is 6.28. The molecule has 0 radical (unpaired) electrons. The van der Waals surface area contributed by atoms with E-state index in [4.69, 9.17) is 23.2 Å². The van der Waals surface area contributed by atoms with Crippen molar-refractivity contribution in [2.45, 2.75) is 0 Å². The quantitative estimate of drug-likeness (QED) is 0.568. The first-order chi connectivity index (χ1) is 10.1. The van der Waals surface area contributed by atoms with Crippen LogP contribution in [0.15, 0.2) is 53.1 Å². The molecule has 0 aliphatic carbocycles. The van der Waals surface area contributed by atoms with Crippen molar-refractivity contribution in [3.63, 3.8) is 0 Å². The Balaban J connectivity index is 2.10. The Labute approximate surface area is 140 Å². The van der Waals surface area contributed by atoms with Crippen molar-refractivity contribution < 1.29 is 0 Å². The predicted octanol–water partition coefficient (Wildman–Crippen LogP) is 5.27. The monoisotopic (exact) mass is 379 g/mol. The Hall–Kier alpha value is -1.49. The van der Waals surface area contributed by atoms with Crippen LogP contribution >= 0.6 is 39.1 Å². The summed E-state index contributed by atoms with van der Waals surface area (Å²) >= 11 is 15.9. The molecule has 0 atom stereocenters. The zero-order valence-electron chi connectivity index (χ0n) is 10.6. The Bertz CT molecular complexity index is 754. The molecule has 0 unspecified atom stereocenters. The number of rotatable bonds is 2. The number of benzene rings is 1. The second kappa shape index (κ2) is 6.10. The van der Waals surface area contributed by atoms with Gasteiger partial charge in [-0.1, -0.05) is 53.5 Å². The molecule has 6 heteroatoms. The van der Waals surface area contributed by atoms with Crippen molar-refractivity contribution in [1.29, 1.82) is 0 Å². The molecule has 104 valence electrons. The minimum Gasteiger partial charge on any atom is -0.252 e. The van der Waals surface area contributed by atoms with E-state index in [-0.39, 0.29) is 0 Å². The molecule has 21 heavy (non-hydrogen) atoms. The van der Waals surface area contributed by atoms with Gasteiger partial charge in [-0.25, -0.2) is 9.97 Å². The van der Waals surface area contributed by atoms with Crippen molar-refractivity contribution in [3.05, 3.63) is 63.4 Å². The van der Waals surface area contributed by atoms with Crippen LogP contribution in [0.3, 0.4) is 0 Å². The lowest BCUT2D eigenvalue weighted by molar-refractivity contribution is 1.14. The van der Waals surface area contributed by atoms with E-state index in [0.29, 0.717) is 27.4 Å². The number of pyridine rings is 1. The molecule has 0 saturated carbocycles. The fourth-order valence-electron chi connectivity index (χ4n) is 1.87. The van der Waals surface area contributed by atoms with Crippen LogP contribution in [-0.2, 0) is 0 Å². The van der Waals surface area contributed by atoms with Crippen molar-refractivity contribution in [1.82, 2.24) is 15.0 Å². The highest BCUT2D eigenvalue weighted by molar-refractivity contribution is 9.10. The Morgan fingerprint density at radius 2 is 1.52 bits per heavy atom. The molecular weight excluding hydrogens is 373 g/mol. The van der Waals surface area contributed by atoms with Crippen LogP contribution < -0.4 is 0 Å². The van der Waals surface area contributed by atoms with E-state index in [2.05, 4.69) is 30.9 Å². The lowest BCUT2D eigenvalue weighted by atomic mass is 10.1. The van der Waals surface area contributed by atoms with Gasteiger partial charge in [0.25, 0.3) is 0 Å². The Kier molecular flexibility index (Phi) is 4.19. The van der Waals surface area contributed by atoms with Gasteiger partial charge in [0.15, 0.2) is 5.82 Å². The largest absolute Gasteiger partial charge is 0.252 e. The molecule has 3 aromatic rings. The van der Waals surface area contributed by atoms with E-state index in [1.807, 2.05) is 36.4 Å². The van der Waals surface area contributed by atoms with Crippen molar-refractivity contribution in [2.24, 2.45) is 0 Å². The van der Waals surface area contributed by atoms with Crippen molar-refractivity contribution >= 4 is 39.1 Å². The van der Waals surface area contributed by atoms with Gasteiger partial charge in [0, 0.05) is 10.7 Å². The Morgan fingerprint density at radius 1 is 0.857 bits per heavy atom. The fourth-order valence-corrected chi connectivity index (χ4v) is 2.71. The van der Waals surface area contributed by atoms with E-state index in [0.717, 1.165) is 10.0 Å². The van der Waals surface area contributed by atoms with Crippen molar-refractivity contribution in [3.8, 4) is 22.6 Å². The zero-order valence-corrected chi connectivity index (χ0v) is 13.7. The van der Waals surface area contributed by atoms with Crippen LogP contribution in [-0.4, -0.2) is 15.0 Å². The SMILES string of the molecule is Clc1nc(-c2ccc(Br)cn2)nc(Cl)c1-c1ccccc1. The first-order valence-corrected chi connectivity index (χ1v) is 7.60. The molecule has 0 amide bonds. The van der Waals surface area contributed by atoms with Crippen LogP contribution in [0.4, 0.5) is 0 Å². The van der Waals surface area contributed by atoms with Gasteiger partial charge in [-0.05, 0) is 33.6 Å². The topological polar surface area (TPSA) is 38.7 Å². The number of nitrogens with zero attached hydrogens (tertiary/aromatic N) is 3. The summed E-state index contributed by atoms with van der Waals surface area (Å²) in [5.41, 5.74) is 2.12. The molecule has 0 bridgehead atoms. The van der Waals surface area contributed by atoms with Gasteiger partial charge in [-0.2, -0.15) is 0 Å². The molecule has 0 aliphatic rings. The van der Waals surface area contributed by atoms with E-state index < -0.39 is 0 Å². The van der Waals surface area contributed by atoms with Gasteiger partial charge >= 0.3 is 0 Å². The van der Waals surface area contributed by atoms with Gasteiger partial charge < -0.3 is 0 Å². The Morgan fingerprint density at radius 3 is 2.10 bits per heavy atom. The van der Waals surface area contributed by atoms with E-state index in [1.165, 1.54) is 0 Å². The van der Waals surface area contributed by atoms with Gasteiger partial charge in [-0.15, -0.1) is 0 Å². The number of hydrogen-bond donors (Lipinski definition) is 0. The number of aromatic nitrogens is 3. The number of halogens is 3. The standard InChI is InChI=1S/C15H8BrCl2N3/c16-10-6-7-11(19-8-10)15-20-13(17)12(14(18)21-15)9-4-2-1-3-5-9/h1-8H. The van der Waals surface area contributed by atoms with Gasteiger partial charge in [-0.3, -0.25) is 4.98 Å². The average molecular weight is 381 g/mol. The van der Waals surface area contributed by atoms with Crippen LogP contribution in [0.5, 0.6) is 0 Å². The smallest absolute Gasteiger partial charge is 0.181 e. The summed E-state index contributed by atoms with van der Waals surface area (Å²) < 4.78 is 0.879. The zero-order chi connectivity index (χ0) is 14.8. The maximum atomic E-state index is 6.28. The average Bonchev–Trinajstić information content (AvgIpc) is 2.48. The summed E-state index contributed by atoms with van der Waals surface area (Å²) in [7, 11) is 0. The minimum absolute atomic E-state index is 0.306. The van der Waals surface area contributed by atoms with Crippen LogP contribution in [0.25, 0.3) is 22.6 Å². The molecule has 0 spiro atoms.